The van der Waals surface area contributed by atoms with Gasteiger partial charge in [0, 0.05) is 53.4 Å². The first-order valence-electron chi connectivity index (χ1n) is 8.69. The molecule has 4 aromatic rings. The predicted octanol–water partition coefficient (Wildman–Crippen LogP) is 5.30. The second kappa shape index (κ2) is 10.9. The molecule has 4 aromatic heterocycles. The summed E-state index contributed by atoms with van der Waals surface area (Å²) >= 11 is 6.86. The molecule has 6 nitrogen and oxygen atoms in total. The van der Waals surface area contributed by atoms with Crippen molar-refractivity contribution in [3.8, 4) is 0 Å². The van der Waals surface area contributed by atoms with Gasteiger partial charge in [-0.05, 0) is 56.1 Å². The van der Waals surface area contributed by atoms with Gasteiger partial charge in [-0.1, -0.05) is 14.9 Å². The molecule has 0 radical (unpaired) electrons. The number of nitrogens with zero attached hydrogens (tertiary/aromatic N) is 5. The third-order valence-corrected chi connectivity index (χ3v) is 5.33. The highest BCUT2D eigenvalue weighted by Crippen LogP contribution is 2.15. The highest BCUT2D eigenvalue weighted by Gasteiger charge is 2.13. The quantitative estimate of drug-likeness (QED) is 0.357. The normalized spacial score (nSPS) is 14.0. The number of hydrogen-bond donors (Lipinski definition) is 0. The van der Waals surface area contributed by atoms with Crippen LogP contribution in [0, 0.1) is 0 Å². The van der Waals surface area contributed by atoms with Gasteiger partial charge in [0.1, 0.15) is 11.3 Å². The maximum atomic E-state index is 5.35. The van der Waals surface area contributed by atoms with E-state index in [0.29, 0.717) is 0 Å². The third kappa shape index (κ3) is 5.88. The summed E-state index contributed by atoms with van der Waals surface area (Å²) in [5, 5.41) is 0. The molecule has 0 aliphatic carbocycles. The Balaban J connectivity index is 0.000000216. The Morgan fingerprint density at radius 1 is 0.897 bits per heavy atom. The number of ether oxygens (including phenoxy) is 1. The Morgan fingerprint density at radius 3 is 2.34 bits per heavy atom. The van der Waals surface area contributed by atoms with Crippen molar-refractivity contribution in [1.82, 2.24) is 23.7 Å². The van der Waals surface area contributed by atoms with E-state index in [1.165, 1.54) is 5.69 Å². The fourth-order valence-corrected chi connectivity index (χ4v) is 3.69. The lowest BCUT2D eigenvalue weighted by molar-refractivity contribution is 0.0335. The molecule has 156 valence electrons. The van der Waals surface area contributed by atoms with Gasteiger partial charge in [-0.3, -0.25) is 4.90 Å². The fourth-order valence-electron chi connectivity index (χ4n) is 3.00. The average Bonchev–Trinajstić information content (AvgIpc) is 3.30. The van der Waals surface area contributed by atoms with Gasteiger partial charge in [0.25, 0.3) is 0 Å². The minimum atomic E-state index is 0. The van der Waals surface area contributed by atoms with E-state index in [1.54, 1.807) is 6.20 Å². The molecule has 0 aromatic carbocycles. The molecule has 0 unspecified atom stereocenters. The lowest BCUT2D eigenvalue weighted by atomic mass is 10.3. The van der Waals surface area contributed by atoms with E-state index in [9.17, 15) is 0 Å². The minimum absolute atomic E-state index is 0. The lowest BCUT2D eigenvalue weighted by Gasteiger charge is -2.26. The molecule has 1 aliphatic rings. The molecular formula is C21H27Br2N5O. The number of imidazole rings is 2. The first-order chi connectivity index (χ1) is 13.2. The first kappa shape index (κ1) is 23.5. The van der Waals surface area contributed by atoms with Crippen molar-refractivity contribution < 1.29 is 4.74 Å². The topological polar surface area (TPSA) is 47.1 Å². The zero-order valence-corrected chi connectivity index (χ0v) is 17.8. The van der Waals surface area contributed by atoms with E-state index in [1.807, 2.05) is 47.3 Å². The summed E-state index contributed by atoms with van der Waals surface area (Å²) in [5.74, 6) is 0. The van der Waals surface area contributed by atoms with E-state index < -0.39 is 0 Å². The maximum absolute atomic E-state index is 5.35. The van der Waals surface area contributed by atoms with E-state index in [2.05, 4.69) is 57.3 Å². The molecule has 1 saturated heterocycles. The SMILES string of the molecule is Brc1ccc2ncc(CN3CCOCC3)n2c1.Brc1ccc2nccn2c1.C.C. The average molecular weight is 525 g/mol. The monoisotopic (exact) mass is 523 g/mol. The van der Waals surface area contributed by atoms with E-state index >= 15 is 0 Å². The van der Waals surface area contributed by atoms with Crippen LogP contribution < -0.4 is 0 Å². The zero-order valence-electron chi connectivity index (χ0n) is 14.6. The number of morpholine rings is 1. The number of hydrogen-bond acceptors (Lipinski definition) is 4. The molecular weight excluding hydrogens is 498 g/mol. The van der Waals surface area contributed by atoms with Crippen molar-refractivity contribution >= 4 is 43.2 Å². The second-order valence-corrected chi connectivity index (χ2v) is 8.08. The van der Waals surface area contributed by atoms with Crippen LogP contribution in [0.1, 0.15) is 20.5 Å². The molecule has 1 aliphatic heterocycles. The molecule has 1 fully saturated rings. The van der Waals surface area contributed by atoms with E-state index in [0.717, 1.165) is 53.1 Å². The van der Waals surface area contributed by atoms with Crippen molar-refractivity contribution in [2.45, 2.75) is 21.4 Å². The van der Waals surface area contributed by atoms with Crippen LogP contribution >= 0.6 is 31.9 Å². The van der Waals surface area contributed by atoms with Gasteiger partial charge in [0.15, 0.2) is 0 Å². The van der Waals surface area contributed by atoms with Crippen LogP contribution in [0.15, 0.2) is 64.2 Å². The predicted molar refractivity (Wildman–Crippen MR) is 125 cm³/mol. The van der Waals surface area contributed by atoms with Crippen LogP contribution in [0.2, 0.25) is 0 Å². The van der Waals surface area contributed by atoms with E-state index in [-0.39, 0.29) is 14.9 Å². The van der Waals surface area contributed by atoms with Crippen molar-refractivity contribution in [3.05, 3.63) is 69.9 Å². The standard InChI is InChI=1S/C12H14BrN3O.C7H5BrN2.2CH4/c13-10-1-2-12-14-7-11(16(12)8-10)9-15-3-5-17-6-4-15;8-6-1-2-7-9-3-4-10(7)5-6;;/h1-2,7-8H,3-6,9H2;1-5H;2*1H4. The Bertz CT molecular complexity index is 1040. The van der Waals surface area contributed by atoms with Gasteiger partial charge in [-0.15, -0.1) is 0 Å². The molecule has 8 heteroatoms. The molecule has 5 heterocycles. The van der Waals surface area contributed by atoms with Gasteiger partial charge in [0.05, 0.1) is 25.1 Å². The van der Waals surface area contributed by atoms with Crippen molar-refractivity contribution in [3.63, 3.8) is 0 Å². The summed E-state index contributed by atoms with van der Waals surface area (Å²) in [6, 6.07) is 7.97. The second-order valence-electron chi connectivity index (χ2n) is 6.25. The first-order valence-corrected chi connectivity index (χ1v) is 10.3. The van der Waals surface area contributed by atoms with Gasteiger partial charge < -0.3 is 13.5 Å². The van der Waals surface area contributed by atoms with Crippen LogP contribution in [0.25, 0.3) is 11.3 Å². The van der Waals surface area contributed by atoms with Crippen molar-refractivity contribution in [2.75, 3.05) is 26.3 Å². The van der Waals surface area contributed by atoms with Gasteiger partial charge in [0.2, 0.25) is 0 Å². The van der Waals surface area contributed by atoms with Gasteiger partial charge >= 0.3 is 0 Å². The molecule has 0 atom stereocenters. The summed E-state index contributed by atoms with van der Waals surface area (Å²) < 4.78 is 11.6. The van der Waals surface area contributed by atoms with Crippen LogP contribution in [-0.4, -0.2) is 50.0 Å². The van der Waals surface area contributed by atoms with Gasteiger partial charge in [-0.2, -0.15) is 0 Å². The van der Waals surface area contributed by atoms with Crippen LogP contribution in [-0.2, 0) is 11.3 Å². The largest absolute Gasteiger partial charge is 0.379 e. The Labute approximate surface area is 188 Å². The fraction of sp³-hybridized carbons (Fsp3) is 0.333. The molecule has 0 bridgehead atoms. The Morgan fingerprint density at radius 2 is 1.59 bits per heavy atom. The molecule has 0 spiro atoms. The molecule has 0 saturated carbocycles. The highest BCUT2D eigenvalue weighted by atomic mass is 79.9. The summed E-state index contributed by atoms with van der Waals surface area (Å²) in [6.07, 6.45) is 9.69. The number of pyridine rings is 2. The summed E-state index contributed by atoms with van der Waals surface area (Å²) in [4.78, 5) is 10.9. The maximum Gasteiger partial charge on any atom is 0.136 e. The van der Waals surface area contributed by atoms with Crippen molar-refractivity contribution in [1.29, 1.82) is 0 Å². The lowest BCUT2D eigenvalue weighted by Crippen LogP contribution is -2.35. The smallest absolute Gasteiger partial charge is 0.136 e. The number of aromatic nitrogens is 4. The van der Waals surface area contributed by atoms with Crippen LogP contribution in [0.4, 0.5) is 0 Å². The third-order valence-electron chi connectivity index (χ3n) is 4.39. The van der Waals surface area contributed by atoms with Gasteiger partial charge in [-0.25, -0.2) is 9.97 Å². The summed E-state index contributed by atoms with van der Waals surface area (Å²) in [6.45, 7) is 4.60. The number of fused-ring (bicyclic) bond motifs is 2. The molecule has 0 amide bonds. The van der Waals surface area contributed by atoms with E-state index in [4.69, 9.17) is 4.74 Å². The zero-order chi connectivity index (χ0) is 18.6. The summed E-state index contributed by atoms with van der Waals surface area (Å²) in [7, 11) is 0. The minimum Gasteiger partial charge on any atom is -0.379 e. The highest BCUT2D eigenvalue weighted by molar-refractivity contribution is 9.10. The van der Waals surface area contributed by atoms with Crippen LogP contribution in [0.5, 0.6) is 0 Å². The molecule has 29 heavy (non-hydrogen) atoms. The molecule has 0 N–H and O–H groups in total. The molecule has 5 rings (SSSR count). The van der Waals surface area contributed by atoms with Crippen LogP contribution in [0.3, 0.4) is 0 Å². The number of rotatable bonds is 2. The van der Waals surface area contributed by atoms with Crippen molar-refractivity contribution in [2.24, 2.45) is 0 Å². The Hall–Kier alpha value is -1.74. The number of halogens is 2. The summed E-state index contributed by atoms with van der Waals surface area (Å²) in [5.41, 5.74) is 3.20. The Kier molecular flexibility index (Phi) is 8.82.